The fourth-order valence-corrected chi connectivity index (χ4v) is 1.50. The van der Waals surface area contributed by atoms with Crippen molar-refractivity contribution in [3.05, 3.63) is 18.1 Å². The Morgan fingerprint density at radius 1 is 1.32 bits per heavy atom. The maximum absolute atomic E-state index is 11.9. The van der Waals surface area contributed by atoms with Crippen LogP contribution < -0.4 is 10.6 Å². The van der Waals surface area contributed by atoms with Crippen molar-refractivity contribution in [2.24, 2.45) is 5.92 Å². The first-order valence-corrected chi connectivity index (χ1v) is 6.66. The van der Waals surface area contributed by atoms with E-state index >= 15 is 0 Å². The minimum Gasteiger partial charge on any atom is -0.365 e. The number of hydrogen-bond acceptors (Lipinski definition) is 4. The van der Waals surface area contributed by atoms with Gasteiger partial charge in [0, 0.05) is 18.2 Å². The molecule has 0 fully saturated rings. The van der Waals surface area contributed by atoms with Gasteiger partial charge in [0.15, 0.2) is 0 Å². The third kappa shape index (κ3) is 6.18. The highest BCUT2D eigenvalue weighted by molar-refractivity contribution is 5.92. The molecule has 0 atom stereocenters. The fraction of sp³-hybridized carbons (Fsp3) is 0.643. The summed E-state index contributed by atoms with van der Waals surface area (Å²) in [5.74, 6) is 1.08. The van der Waals surface area contributed by atoms with E-state index in [0.29, 0.717) is 24.0 Å². The van der Waals surface area contributed by atoms with Crippen molar-refractivity contribution in [3.8, 4) is 0 Å². The van der Waals surface area contributed by atoms with Crippen LogP contribution in [-0.4, -0.2) is 28.0 Å². The zero-order valence-electron chi connectivity index (χ0n) is 12.4. The van der Waals surface area contributed by atoms with Gasteiger partial charge in [0.2, 0.25) is 0 Å². The first-order valence-electron chi connectivity index (χ1n) is 6.66. The number of carbonyl (C=O) groups excluding carboxylic acids is 1. The number of aromatic nitrogens is 2. The lowest BCUT2D eigenvalue weighted by atomic mass is 10.1. The number of anilines is 1. The van der Waals surface area contributed by atoms with E-state index in [-0.39, 0.29) is 11.4 Å². The molecule has 5 heteroatoms. The Morgan fingerprint density at radius 3 is 2.58 bits per heavy atom. The first kappa shape index (κ1) is 15.4. The molecule has 1 rings (SSSR count). The molecule has 0 saturated carbocycles. The predicted octanol–water partition coefficient (Wildman–Crippen LogP) is 2.46. The van der Waals surface area contributed by atoms with Crippen LogP contribution in [0.1, 0.15) is 51.5 Å². The van der Waals surface area contributed by atoms with Gasteiger partial charge in [-0.15, -0.1) is 0 Å². The second-order valence-electron chi connectivity index (χ2n) is 6.10. The van der Waals surface area contributed by atoms with Crippen molar-refractivity contribution >= 4 is 11.7 Å². The Balaban J connectivity index is 2.63. The monoisotopic (exact) mass is 264 g/mol. The molecule has 0 radical (unpaired) electrons. The summed E-state index contributed by atoms with van der Waals surface area (Å²) >= 11 is 0. The Hall–Kier alpha value is -1.65. The van der Waals surface area contributed by atoms with Crippen LogP contribution in [0, 0.1) is 5.92 Å². The van der Waals surface area contributed by atoms with Gasteiger partial charge in [-0.1, -0.05) is 13.8 Å². The zero-order chi connectivity index (χ0) is 14.5. The summed E-state index contributed by atoms with van der Waals surface area (Å²) in [6, 6.07) is 1.68. The smallest absolute Gasteiger partial charge is 0.270 e. The van der Waals surface area contributed by atoms with Gasteiger partial charge in [0.05, 0.1) is 0 Å². The van der Waals surface area contributed by atoms with Crippen molar-refractivity contribution in [2.75, 3.05) is 11.9 Å². The Labute approximate surface area is 115 Å². The van der Waals surface area contributed by atoms with Gasteiger partial charge in [-0.05, 0) is 33.1 Å². The average molecular weight is 264 g/mol. The molecule has 0 bridgehead atoms. The van der Waals surface area contributed by atoms with E-state index in [1.807, 2.05) is 20.8 Å². The SMILES string of the molecule is CC(C)CCNC(=O)c1cc(NC(C)(C)C)ncn1. The molecular formula is C14H24N4O. The van der Waals surface area contributed by atoms with E-state index in [4.69, 9.17) is 0 Å². The lowest BCUT2D eigenvalue weighted by molar-refractivity contribution is 0.0947. The Bertz CT molecular complexity index is 424. The largest absolute Gasteiger partial charge is 0.365 e. The first-order chi connectivity index (χ1) is 8.78. The highest BCUT2D eigenvalue weighted by Gasteiger charge is 2.13. The molecule has 0 aliphatic carbocycles. The summed E-state index contributed by atoms with van der Waals surface area (Å²) in [5, 5.41) is 6.08. The number of nitrogens with zero attached hydrogens (tertiary/aromatic N) is 2. The van der Waals surface area contributed by atoms with Gasteiger partial charge in [-0.2, -0.15) is 0 Å². The van der Waals surface area contributed by atoms with E-state index in [1.165, 1.54) is 6.33 Å². The Morgan fingerprint density at radius 2 is 2.00 bits per heavy atom. The standard InChI is InChI=1S/C14H24N4O/c1-10(2)6-7-15-13(19)11-8-12(17-9-16-11)18-14(3,4)5/h8-10H,6-7H2,1-5H3,(H,15,19)(H,16,17,18). The van der Waals surface area contributed by atoms with Crippen molar-refractivity contribution in [3.63, 3.8) is 0 Å². The van der Waals surface area contributed by atoms with Crippen LogP contribution in [0.25, 0.3) is 0 Å². The number of rotatable bonds is 5. The number of hydrogen-bond donors (Lipinski definition) is 2. The fourth-order valence-electron chi connectivity index (χ4n) is 1.50. The van der Waals surface area contributed by atoms with Crippen LogP contribution in [0.4, 0.5) is 5.82 Å². The predicted molar refractivity (Wildman–Crippen MR) is 77.2 cm³/mol. The maximum Gasteiger partial charge on any atom is 0.270 e. The lowest BCUT2D eigenvalue weighted by Crippen LogP contribution is -2.28. The second-order valence-corrected chi connectivity index (χ2v) is 6.10. The van der Waals surface area contributed by atoms with Crippen molar-refractivity contribution < 1.29 is 4.79 Å². The second kappa shape index (κ2) is 6.50. The van der Waals surface area contributed by atoms with Crippen LogP contribution in [0.5, 0.6) is 0 Å². The molecule has 0 spiro atoms. The molecule has 0 aliphatic rings. The molecule has 19 heavy (non-hydrogen) atoms. The summed E-state index contributed by atoms with van der Waals surface area (Å²) < 4.78 is 0. The van der Waals surface area contributed by atoms with E-state index in [2.05, 4.69) is 34.4 Å². The van der Waals surface area contributed by atoms with Gasteiger partial charge < -0.3 is 10.6 Å². The molecule has 0 saturated heterocycles. The van der Waals surface area contributed by atoms with E-state index in [1.54, 1.807) is 6.07 Å². The molecule has 0 aromatic carbocycles. The summed E-state index contributed by atoms with van der Waals surface area (Å²) in [7, 11) is 0. The van der Waals surface area contributed by atoms with Crippen LogP contribution in [0.2, 0.25) is 0 Å². The van der Waals surface area contributed by atoms with E-state index < -0.39 is 0 Å². The summed E-state index contributed by atoms with van der Waals surface area (Å²) in [5.41, 5.74) is 0.297. The normalized spacial score (nSPS) is 11.5. The van der Waals surface area contributed by atoms with Gasteiger partial charge in [0.1, 0.15) is 17.8 Å². The van der Waals surface area contributed by atoms with Gasteiger partial charge >= 0.3 is 0 Å². The zero-order valence-corrected chi connectivity index (χ0v) is 12.4. The van der Waals surface area contributed by atoms with Crippen LogP contribution in [0.3, 0.4) is 0 Å². The quantitative estimate of drug-likeness (QED) is 0.857. The van der Waals surface area contributed by atoms with Gasteiger partial charge in [-0.3, -0.25) is 4.79 Å². The third-order valence-corrected chi connectivity index (χ3v) is 2.41. The number of amides is 1. The van der Waals surface area contributed by atoms with Crippen LogP contribution >= 0.6 is 0 Å². The molecule has 5 nitrogen and oxygen atoms in total. The summed E-state index contributed by atoms with van der Waals surface area (Å²) in [6.07, 6.45) is 2.37. The average Bonchev–Trinajstić information content (AvgIpc) is 2.26. The number of carbonyl (C=O) groups is 1. The van der Waals surface area contributed by atoms with E-state index in [9.17, 15) is 4.79 Å². The van der Waals surface area contributed by atoms with Crippen LogP contribution in [-0.2, 0) is 0 Å². The Kier molecular flexibility index (Phi) is 5.27. The van der Waals surface area contributed by atoms with Gasteiger partial charge in [-0.25, -0.2) is 9.97 Å². The molecule has 1 amide bonds. The van der Waals surface area contributed by atoms with Crippen molar-refractivity contribution in [2.45, 2.75) is 46.6 Å². The van der Waals surface area contributed by atoms with Crippen molar-refractivity contribution in [1.82, 2.24) is 15.3 Å². The molecule has 106 valence electrons. The molecule has 1 aromatic heterocycles. The van der Waals surface area contributed by atoms with Crippen molar-refractivity contribution in [1.29, 1.82) is 0 Å². The highest BCUT2D eigenvalue weighted by Crippen LogP contribution is 2.11. The molecule has 1 heterocycles. The lowest BCUT2D eigenvalue weighted by Gasteiger charge is -2.21. The van der Waals surface area contributed by atoms with Crippen LogP contribution in [0.15, 0.2) is 12.4 Å². The number of nitrogens with one attached hydrogen (secondary N) is 2. The molecule has 2 N–H and O–H groups in total. The minimum atomic E-state index is -0.153. The van der Waals surface area contributed by atoms with E-state index in [0.717, 1.165) is 6.42 Å². The molecule has 1 aromatic rings. The summed E-state index contributed by atoms with van der Waals surface area (Å²) in [6.45, 7) is 11.0. The minimum absolute atomic E-state index is 0.0975. The molecule has 0 unspecified atom stereocenters. The molecule has 0 aliphatic heterocycles. The topological polar surface area (TPSA) is 66.9 Å². The molecular weight excluding hydrogens is 240 g/mol. The highest BCUT2D eigenvalue weighted by atomic mass is 16.1. The maximum atomic E-state index is 11.9. The third-order valence-electron chi connectivity index (χ3n) is 2.41. The summed E-state index contributed by atoms with van der Waals surface area (Å²) in [4.78, 5) is 20.0. The van der Waals surface area contributed by atoms with Gasteiger partial charge in [0.25, 0.3) is 5.91 Å².